The molecule has 0 saturated heterocycles. The molecular formula is C14H17N5O. The van der Waals surface area contributed by atoms with Crippen molar-refractivity contribution in [3.05, 3.63) is 53.5 Å². The maximum atomic E-state index is 8.92. The number of aromatic nitrogens is 2. The normalized spacial score (nSPS) is 11.4. The zero-order valence-corrected chi connectivity index (χ0v) is 11.5. The molecule has 0 unspecified atom stereocenters. The molecule has 0 amide bonds. The van der Waals surface area contributed by atoms with Crippen LogP contribution in [-0.2, 0) is 6.54 Å². The van der Waals surface area contributed by atoms with Gasteiger partial charge in [-0.3, -0.25) is 4.98 Å². The van der Waals surface area contributed by atoms with Crippen LogP contribution in [0.4, 0.5) is 5.82 Å². The van der Waals surface area contributed by atoms with Crippen LogP contribution in [0, 0.1) is 6.92 Å². The molecule has 20 heavy (non-hydrogen) atoms. The Balaban J connectivity index is 2.35. The van der Waals surface area contributed by atoms with Gasteiger partial charge in [0.25, 0.3) is 0 Å². The Bertz CT molecular complexity index is 612. The Morgan fingerprint density at radius 2 is 2.20 bits per heavy atom. The highest BCUT2D eigenvalue weighted by molar-refractivity contribution is 6.02. The quantitative estimate of drug-likeness (QED) is 0.381. The number of nitrogens with two attached hydrogens (primary N) is 1. The van der Waals surface area contributed by atoms with Gasteiger partial charge in [-0.25, -0.2) is 4.98 Å². The highest BCUT2D eigenvalue weighted by atomic mass is 16.4. The maximum absolute atomic E-state index is 8.92. The van der Waals surface area contributed by atoms with Crippen molar-refractivity contribution in [3.63, 3.8) is 0 Å². The molecule has 3 N–H and O–H groups in total. The van der Waals surface area contributed by atoms with Crippen LogP contribution in [0.25, 0.3) is 0 Å². The lowest BCUT2D eigenvalue weighted by molar-refractivity contribution is 0.318. The SMILES string of the molecule is Cc1ccnc(N(C)Cc2cccnc2)c1/C(N)=N/O. The topological polar surface area (TPSA) is 87.6 Å². The molecule has 0 spiro atoms. The molecule has 2 rings (SSSR count). The second-order valence-electron chi connectivity index (χ2n) is 4.53. The number of oxime groups is 1. The third-order valence-corrected chi connectivity index (χ3v) is 3.01. The second kappa shape index (κ2) is 6.01. The number of aryl methyl sites for hydroxylation is 1. The number of nitrogens with zero attached hydrogens (tertiary/aromatic N) is 4. The van der Waals surface area contributed by atoms with Gasteiger partial charge in [-0.1, -0.05) is 11.2 Å². The van der Waals surface area contributed by atoms with Gasteiger partial charge in [-0.05, 0) is 30.2 Å². The fraction of sp³-hybridized carbons (Fsp3) is 0.214. The van der Waals surface area contributed by atoms with E-state index in [9.17, 15) is 0 Å². The first-order valence-corrected chi connectivity index (χ1v) is 6.17. The summed E-state index contributed by atoms with van der Waals surface area (Å²) < 4.78 is 0. The summed E-state index contributed by atoms with van der Waals surface area (Å²) >= 11 is 0. The van der Waals surface area contributed by atoms with Crippen LogP contribution in [0.2, 0.25) is 0 Å². The predicted octanol–water partition coefficient (Wildman–Crippen LogP) is 1.52. The predicted molar refractivity (Wildman–Crippen MR) is 77.8 cm³/mol. The molecule has 6 nitrogen and oxygen atoms in total. The summed E-state index contributed by atoms with van der Waals surface area (Å²) in [5.41, 5.74) is 8.35. The van der Waals surface area contributed by atoms with E-state index in [1.807, 2.05) is 37.1 Å². The van der Waals surface area contributed by atoms with Gasteiger partial charge < -0.3 is 15.8 Å². The molecule has 104 valence electrons. The van der Waals surface area contributed by atoms with E-state index in [4.69, 9.17) is 10.9 Å². The smallest absolute Gasteiger partial charge is 0.174 e. The molecular weight excluding hydrogens is 254 g/mol. The van der Waals surface area contributed by atoms with E-state index >= 15 is 0 Å². The molecule has 0 aliphatic heterocycles. The van der Waals surface area contributed by atoms with E-state index in [-0.39, 0.29) is 5.84 Å². The summed E-state index contributed by atoms with van der Waals surface area (Å²) in [5.74, 6) is 0.729. The molecule has 0 atom stereocenters. The van der Waals surface area contributed by atoms with E-state index < -0.39 is 0 Å². The van der Waals surface area contributed by atoms with Crippen molar-refractivity contribution >= 4 is 11.7 Å². The number of rotatable bonds is 4. The largest absolute Gasteiger partial charge is 0.409 e. The van der Waals surface area contributed by atoms with Crippen molar-refractivity contribution < 1.29 is 5.21 Å². The first-order valence-electron chi connectivity index (χ1n) is 6.17. The average Bonchev–Trinajstić information content (AvgIpc) is 2.47. The monoisotopic (exact) mass is 271 g/mol. The Kier molecular flexibility index (Phi) is 4.14. The molecule has 0 aliphatic rings. The molecule has 0 bridgehead atoms. The van der Waals surface area contributed by atoms with E-state index in [0.29, 0.717) is 17.9 Å². The van der Waals surface area contributed by atoms with Gasteiger partial charge in [0.1, 0.15) is 5.82 Å². The third-order valence-electron chi connectivity index (χ3n) is 3.01. The van der Waals surface area contributed by atoms with Crippen LogP contribution in [0.5, 0.6) is 0 Å². The summed E-state index contributed by atoms with van der Waals surface area (Å²) in [7, 11) is 1.91. The minimum atomic E-state index is 0.0589. The van der Waals surface area contributed by atoms with E-state index in [1.165, 1.54) is 0 Å². The summed E-state index contributed by atoms with van der Waals surface area (Å²) in [6.45, 7) is 2.53. The number of pyridine rings is 2. The fourth-order valence-corrected chi connectivity index (χ4v) is 2.04. The molecule has 2 aromatic heterocycles. The van der Waals surface area contributed by atoms with Crippen LogP contribution >= 0.6 is 0 Å². The molecule has 2 aromatic rings. The van der Waals surface area contributed by atoms with Crippen LogP contribution in [-0.4, -0.2) is 28.1 Å². The van der Waals surface area contributed by atoms with Crippen LogP contribution in [0.1, 0.15) is 16.7 Å². The van der Waals surface area contributed by atoms with Crippen molar-refractivity contribution in [1.29, 1.82) is 0 Å². The van der Waals surface area contributed by atoms with Gasteiger partial charge in [0.05, 0.1) is 5.56 Å². The highest BCUT2D eigenvalue weighted by Gasteiger charge is 2.15. The number of hydrogen-bond acceptors (Lipinski definition) is 5. The minimum absolute atomic E-state index is 0.0589. The zero-order chi connectivity index (χ0) is 14.5. The number of hydrogen-bond donors (Lipinski definition) is 2. The highest BCUT2D eigenvalue weighted by Crippen LogP contribution is 2.21. The van der Waals surface area contributed by atoms with Crippen molar-refractivity contribution in [3.8, 4) is 0 Å². The first kappa shape index (κ1) is 13.8. The van der Waals surface area contributed by atoms with Crippen LogP contribution in [0.3, 0.4) is 0 Å². The van der Waals surface area contributed by atoms with Gasteiger partial charge in [0.15, 0.2) is 5.84 Å². The Morgan fingerprint density at radius 3 is 2.85 bits per heavy atom. The molecule has 0 aromatic carbocycles. The fourth-order valence-electron chi connectivity index (χ4n) is 2.04. The second-order valence-corrected chi connectivity index (χ2v) is 4.53. The Labute approximate surface area is 117 Å². The first-order chi connectivity index (χ1) is 9.63. The molecule has 2 heterocycles. The number of amidine groups is 1. The van der Waals surface area contributed by atoms with Gasteiger partial charge >= 0.3 is 0 Å². The standard InChI is InChI=1S/C14H17N5O/c1-10-5-7-17-14(12(10)13(15)18-20)19(2)9-11-4-3-6-16-8-11/h3-8,20H,9H2,1-2H3,(H2,15,18). The maximum Gasteiger partial charge on any atom is 0.174 e. The summed E-state index contributed by atoms with van der Waals surface area (Å²) in [6.07, 6.45) is 5.24. The van der Waals surface area contributed by atoms with E-state index in [0.717, 1.165) is 11.1 Å². The lowest BCUT2D eigenvalue weighted by atomic mass is 10.1. The lowest BCUT2D eigenvalue weighted by Crippen LogP contribution is -2.24. The lowest BCUT2D eigenvalue weighted by Gasteiger charge is -2.21. The van der Waals surface area contributed by atoms with Gasteiger partial charge in [-0.2, -0.15) is 0 Å². The van der Waals surface area contributed by atoms with Gasteiger partial charge in [0, 0.05) is 32.2 Å². The average molecular weight is 271 g/mol. The molecule has 0 aliphatic carbocycles. The van der Waals surface area contributed by atoms with Crippen molar-refractivity contribution in [2.45, 2.75) is 13.5 Å². The zero-order valence-electron chi connectivity index (χ0n) is 11.5. The van der Waals surface area contributed by atoms with Crippen molar-refractivity contribution in [2.75, 3.05) is 11.9 Å². The number of anilines is 1. The summed E-state index contributed by atoms with van der Waals surface area (Å²) in [6, 6.07) is 5.70. The van der Waals surface area contributed by atoms with E-state index in [2.05, 4.69) is 15.1 Å². The van der Waals surface area contributed by atoms with Gasteiger partial charge in [0.2, 0.25) is 0 Å². The van der Waals surface area contributed by atoms with Gasteiger partial charge in [-0.15, -0.1) is 0 Å². The molecule has 0 fully saturated rings. The van der Waals surface area contributed by atoms with Crippen LogP contribution < -0.4 is 10.6 Å². The molecule has 6 heteroatoms. The minimum Gasteiger partial charge on any atom is -0.409 e. The van der Waals surface area contributed by atoms with Crippen LogP contribution in [0.15, 0.2) is 41.9 Å². The van der Waals surface area contributed by atoms with Crippen molar-refractivity contribution in [1.82, 2.24) is 9.97 Å². The molecule has 0 radical (unpaired) electrons. The Morgan fingerprint density at radius 1 is 1.40 bits per heavy atom. The van der Waals surface area contributed by atoms with E-state index in [1.54, 1.807) is 18.6 Å². The summed E-state index contributed by atoms with van der Waals surface area (Å²) in [4.78, 5) is 10.4. The van der Waals surface area contributed by atoms with Crippen molar-refractivity contribution in [2.24, 2.45) is 10.9 Å². The third kappa shape index (κ3) is 2.85. The Hall–Kier alpha value is -2.63. The summed E-state index contributed by atoms with van der Waals surface area (Å²) in [5, 5.41) is 12.0. The molecule has 0 saturated carbocycles.